The predicted octanol–water partition coefficient (Wildman–Crippen LogP) is 3.27. The van der Waals surface area contributed by atoms with Crippen LogP contribution in [-0.4, -0.2) is 47.2 Å². The average Bonchev–Trinajstić information content (AvgIpc) is 3.11. The molecule has 3 aromatic heterocycles. The number of fused-ring (bicyclic) bond motifs is 1. The summed E-state index contributed by atoms with van der Waals surface area (Å²) in [4.78, 5) is 35.7. The maximum absolute atomic E-state index is 12.0. The number of pyridine rings is 2. The lowest BCUT2D eigenvalue weighted by atomic mass is 9.96. The lowest BCUT2D eigenvalue weighted by Gasteiger charge is -2.16. The summed E-state index contributed by atoms with van der Waals surface area (Å²) in [6.45, 7) is 6.16. The molecule has 0 spiro atoms. The highest BCUT2D eigenvalue weighted by molar-refractivity contribution is 6.02. The Kier molecular flexibility index (Phi) is 6.86. The number of ether oxygens (including phenoxy) is 2. The van der Waals surface area contributed by atoms with Crippen LogP contribution >= 0.6 is 0 Å². The van der Waals surface area contributed by atoms with E-state index in [-0.39, 0.29) is 5.91 Å². The molecule has 0 saturated carbocycles. The Morgan fingerprint density at radius 3 is 2.61 bits per heavy atom. The molecule has 9 nitrogen and oxygen atoms in total. The van der Waals surface area contributed by atoms with Crippen LogP contribution in [-0.2, 0) is 16.0 Å². The fourth-order valence-electron chi connectivity index (χ4n) is 2.77. The number of imide groups is 1. The van der Waals surface area contributed by atoms with E-state index in [1.165, 1.54) is 0 Å². The zero-order chi connectivity index (χ0) is 22.4. The maximum atomic E-state index is 12.0. The van der Waals surface area contributed by atoms with Gasteiger partial charge in [-0.25, -0.2) is 14.8 Å². The molecule has 0 aromatic carbocycles. The zero-order valence-electron chi connectivity index (χ0n) is 18.1. The Labute approximate surface area is 180 Å². The summed E-state index contributed by atoms with van der Waals surface area (Å²) < 4.78 is 10.6. The molecule has 0 radical (unpaired) electrons. The monoisotopic (exact) mass is 425 g/mol. The van der Waals surface area contributed by atoms with Crippen molar-refractivity contribution in [3.05, 3.63) is 47.9 Å². The van der Waals surface area contributed by atoms with Gasteiger partial charge in [-0.15, -0.1) is 0 Å². The van der Waals surface area contributed by atoms with Crippen molar-refractivity contribution >= 4 is 28.8 Å². The van der Waals surface area contributed by atoms with Gasteiger partial charge in [-0.05, 0) is 23.3 Å². The molecule has 0 aliphatic rings. The molecule has 0 unspecified atom stereocenters. The number of nitrogens with one attached hydrogen (secondary N) is 3. The molecule has 9 heteroatoms. The van der Waals surface area contributed by atoms with Crippen molar-refractivity contribution in [2.24, 2.45) is 5.41 Å². The summed E-state index contributed by atoms with van der Waals surface area (Å²) in [7, 11) is 1.63. The standard InChI is InChI=1S/C22H27N5O4/c1-22(2,3)20(28)27-21(29)26-18-6-5-14(11-23-18)9-15-12-24-19-17(15)10-16(13-25-19)31-8-7-30-4/h5-6,10-13H,7-9H2,1-4H3,(H,24,25)(H2,23,26,27,28,29). The Bertz CT molecular complexity index is 1050. The molecule has 3 rings (SSSR count). The van der Waals surface area contributed by atoms with Crippen molar-refractivity contribution in [3.63, 3.8) is 0 Å². The van der Waals surface area contributed by atoms with E-state index in [0.717, 1.165) is 22.2 Å². The van der Waals surface area contributed by atoms with E-state index in [9.17, 15) is 9.59 Å². The molecule has 3 N–H and O–H groups in total. The van der Waals surface area contributed by atoms with Gasteiger partial charge in [-0.2, -0.15) is 0 Å². The molecule has 0 fully saturated rings. The molecule has 0 saturated heterocycles. The first-order chi connectivity index (χ1) is 14.8. The topological polar surface area (TPSA) is 118 Å². The molecule has 0 atom stereocenters. The predicted molar refractivity (Wildman–Crippen MR) is 117 cm³/mol. The van der Waals surface area contributed by atoms with Crippen LogP contribution in [0.3, 0.4) is 0 Å². The van der Waals surface area contributed by atoms with Gasteiger partial charge in [-0.1, -0.05) is 26.8 Å². The fourth-order valence-corrected chi connectivity index (χ4v) is 2.77. The minimum Gasteiger partial charge on any atom is -0.490 e. The number of urea groups is 1. The SMILES string of the molecule is COCCOc1cnc2[nH]cc(Cc3ccc(NC(=O)NC(=O)C(C)(C)C)nc3)c2c1. The number of carbonyl (C=O) groups is 2. The van der Waals surface area contributed by atoms with E-state index >= 15 is 0 Å². The molecular formula is C22H27N5O4. The smallest absolute Gasteiger partial charge is 0.327 e. The van der Waals surface area contributed by atoms with Crippen LogP contribution in [0, 0.1) is 5.41 Å². The van der Waals surface area contributed by atoms with Gasteiger partial charge in [0.05, 0.1) is 12.8 Å². The number of carbonyl (C=O) groups excluding carboxylic acids is 2. The molecular weight excluding hydrogens is 398 g/mol. The summed E-state index contributed by atoms with van der Waals surface area (Å²) in [6.07, 6.45) is 5.90. The summed E-state index contributed by atoms with van der Waals surface area (Å²) in [5.41, 5.74) is 2.14. The molecule has 0 aliphatic carbocycles. The first-order valence-electron chi connectivity index (χ1n) is 9.91. The van der Waals surface area contributed by atoms with E-state index < -0.39 is 11.4 Å². The second-order valence-electron chi connectivity index (χ2n) is 8.11. The van der Waals surface area contributed by atoms with Crippen molar-refractivity contribution in [2.75, 3.05) is 25.6 Å². The quantitative estimate of drug-likeness (QED) is 0.500. The summed E-state index contributed by atoms with van der Waals surface area (Å²) >= 11 is 0. The van der Waals surface area contributed by atoms with Gasteiger partial charge < -0.3 is 14.5 Å². The summed E-state index contributed by atoms with van der Waals surface area (Å²) in [5.74, 6) is 0.677. The second kappa shape index (κ2) is 9.57. The van der Waals surface area contributed by atoms with Crippen LogP contribution in [0.2, 0.25) is 0 Å². The van der Waals surface area contributed by atoms with E-state index in [1.807, 2.05) is 18.3 Å². The van der Waals surface area contributed by atoms with E-state index in [2.05, 4.69) is 25.6 Å². The number of nitrogens with zero attached hydrogens (tertiary/aromatic N) is 2. The van der Waals surface area contributed by atoms with Crippen LogP contribution in [0.15, 0.2) is 36.8 Å². The number of hydrogen-bond acceptors (Lipinski definition) is 6. The zero-order valence-corrected chi connectivity index (χ0v) is 18.1. The largest absolute Gasteiger partial charge is 0.490 e. The van der Waals surface area contributed by atoms with Gasteiger partial charge in [0, 0.05) is 36.7 Å². The van der Waals surface area contributed by atoms with Crippen molar-refractivity contribution in [1.82, 2.24) is 20.3 Å². The number of aromatic amines is 1. The van der Waals surface area contributed by atoms with Crippen LogP contribution in [0.1, 0.15) is 31.9 Å². The van der Waals surface area contributed by atoms with Crippen molar-refractivity contribution in [1.29, 1.82) is 0 Å². The van der Waals surface area contributed by atoms with Crippen LogP contribution < -0.4 is 15.4 Å². The third-order valence-electron chi connectivity index (χ3n) is 4.52. The summed E-state index contributed by atoms with van der Waals surface area (Å²) in [6, 6.07) is 4.91. The molecule has 31 heavy (non-hydrogen) atoms. The van der Waals surface area contributed by atoms with Gasteiger partial charge in [0.25, 0.3) is 0 Å². The lowest BCUT2D eigenvalue weighted by Crippen LogP contribution is -2.41. The lowest BCUT2D eigenvalue weighted by molar-refractivity contribution is -0.127. The molecule has 3 heterocycles. The number of aromatic nitrogens is 3. The number of rotatable bonds is 7. The van der Waals surface area contributed by atoms with Crippen LogP contribution in [0.4, 0.5) is 10.6 Å². The molecule has 0 bridgehead atoms. The second-order valence-corrected chi connectivity index (χ2v) is 8.11. The Hall–Kier alpha value is -3.46. The highest BCUT2D eigenvalue weighted by Crippen LogP contribution is 2.24. The van der Waals surface area contributed by atoms with Crippen LogP contribution in [0.25, 0.3) is 11.0 Å². The van der Waals surface area contributed by atoms with Gasteiger partial charge in [-0.3, -0.25) is 15.4 Å². The van der Waals surface area contributed by atoms with Gasteiger partial charge in [0.2, 0.25) is 5.91 Å². The highest BCUT2D eigenvalue weighted by atomic mass is 16.5. The van der Waals surface area contributed by atoms with Crippen molar-refractivity contribution < 1.29 is 19.1 Å². The maximum Gasteiger partial charge on any atom is 0.327 e. The normalized spacial score (nSPS) is 11.4. The number of hydrogen-bond donors (Lipinski definition) is 3. The Morgan fingerprint density at radius 1 is 1.13 bits per heavy atom. The first-order valence-corrected chi connectivity index (χ1v) is 9.91. The third kappa shape index (κ3) is 6.02. The average molecular weight is 425 g/mol. The first kappa shape index (κ1) is 22.2. The summed E-state index contributed by atoms with van der Waals surface area (Å²) in [5, 5.41) is 5.84. The van der Waals surface area contributed by atoms with Gasteiger partial charge >= 0.3 is 6.03 Å². The minimum absolute atomic E-state index is 0.359. The van der Waals surface area contributed by atoms with E-state index in [0.29, 0.717) is 31.2 Å². The Balaban J connectivity index is 1.64. The Morgan fingerprint density at radius 2 is 1.94 bits per heavy atom. The number of amides is 3. The number of anilines is 1. The molecule has 3 aromatic rings. The fraction of sp³-hybridized carbons (Fsp3) is 0.364. The highest BCUT2D eigenvalue weighted by Gasteiger charge is 2.23. The van der Waals surface area contributed by atoms with E-state index in [4.69, 9.17) is 9.47 Å². The molecule has 0 aliphatic heterocycles. The number of H-pyrrole nitrogens is 1. The molecule has 164 valence electrons. The molecule has 3 amide bonds. The number of methoxy groups -OCH3 is 1. The minimum atomic E-state index is -0.655. The van der Waals surface area contributed by atoms with Gasteiger partial charge in [0.15, 0.2) is 0 Å². The van der Waals surface area contributed by atoms with Crippen molar-refractivity contribution in [2.45, 2.75) is 27.2 Å². The third-order valence-corrected chi connectivity index (χ3v) is 4.52. The van der Waals surface area contributed by atoms with Crippen LogP contribution in [0.5, 0.6) is 5.75 Å². The van der Waals surface area contributed by atoms with Crippen molar-refractivity contribution in [3.8, 4) is 5.75 Å². The van der Waals surface area contributed by atoms with Gasteiger partial charge in [0.1, 0.15) is 23.8 Å². The van der Waals surface area contributed by atoms with E-state index in [1.54, 1.807) is 46.3 Å².